The van der Waals surface area contributed by atoms with Crippen molar-refractivity contribution in [2.24, 2.45) is 0 Å². The Labute approximate surface area is 342 Å². The summed E-state index contributed by atoms with van der Waals surface area (Å²) >= 11 is 0. The molecule has 13 rings (SSSR count). The normalized spacial score (nSPS) is 12.1. The molecule has 278 valence electrons. The smallest absolute Gasteiger partial charge is 0.197 e. The van der Waals surface area contributed by atoms with E-state index >= 15 is 0 Å². The minimum Gasteiger partial charge on any atom is -0.308 e. The number of para-hydroxylation sites is 2. The van der Waals surface area contributed by atoms with Crippen LogP contribution in [0, 0.1) is 0 Å². The highest BCUT2D eigenvalue weighted by atomic mass is 16.1. The van der Waals surface area contributed by atoms with Gasteiger partial charge in [-0.3, -0.25) is 9.59 Å². The Morgan fingerprint density at radius 1 is 0.267 bits per heavy atom. The number of hydrogen-bond acceptors (Lipinski definition) is 2. The molecule has 0 fully saturated rings. The van der Waals surface area contributed by atoms with Crippen molar-refractivity contribution in [2.75, 3.05) is 0 Å². The lowest BCUT2D eigenvalue weighted by molar-refractivity contribution is 1.32. The molecule has 0 spiro atoms. The van der Waals surface area contributed by atoms with Gasteiger partial charge in [0.25, 0.3) is 0 Å². The molecule has 0 amide bonds. The highest BCUT2D eigenvalue weighted by Gasteiger charge is 2.26. The Morgan fingerprint density at radius 3 is 1.10 bits per heavy atom. The Bertz CT molecular complexity index is 3770. The standard InChI is InChI=1S/C56H32N2O2/c59-55-43-23-11-13-25-47(43)57-49-32-50-46(31-45(49)41-29-27-39(51(55)53(41)57)37-21-9-7-19-35(37)33-15-3-1-4-16-33)42-30-28-40(38-22-10-8-20-36(38)34-17-5-2-6-18-34)52-54(42)58(50)48-26-14-12-24-44(48)56(52)60/h1-32H. The Balaban J connectivity index is 1.19. The predicted octanol–water partition coefficient (Wildman–Crippen LogP) is 13.4. The molecule has 13 aromatic rings. The fourth-order valence-corrected chi connectivity index (χ4v) is 10.3. The van der Waals surface area contributed by atoms with E-state index in [4.69, 9.17) is 0 Å². The van der Waals surface area contributed by atoms with Crippen LogP contribution < -0.4 is 10.9 Å². The predicted molar refractivity (Wildman–Crippen MR) is 250 cm³/mol. The van der Waals surface area contributed by atoms with Gasteiger partial charge < -0.3 is 8.80 Å². The minimum atomic E-state index is 0.0266. The summed E-state index contributed by atoms with van der Waals surface area (Å²) in [6, 6.07) is 66.8. The molecule has 0 saturated carbocycles. The largest absolute Gasteiger partial charge is 0.308 e. The zero-order chi connectivity index (χ0) is 39.6. The van der Waals surface area contributed by atoms with Gasteiger partial charge in [-0.05, 0) is 80.9 Å². The van der Waals surface area contributed by atoms with Crippen LogP contribution in [0.1, 0.15) is 0 Å². The van der Waals surface area contributed by atoms with E-state index in [0.29, 0.717) is 21.5 Å². The van der Waals surface area contributed by atoms with Crippen LogP contribution in [0.2, 0.25) is 0 Å². The molecule has 0 bridgehead atoms. The molecule has 60 heavy (non-hydrogen) atoms. The van der Waals surface area contributed by atoms with Crippen molar-refractivity contribution in [3.05, 3.63) is 215 Å². The fourth-order valence-electron chi connectivity index (χ4n) is 10.3. The summed E-state index contributed by atoms with van der Waals surface area (Å²) in [4.78, 5) is 29.8. The maximum absolute atomic E-state index is 14.9. The number of nitrogens with zero attached hydrogens (tertiary/aromatic N) is 2. The van der Waals surface area contributed by atoms with Gasteiger partial charge in [-0.15, -0.1) is 0 Å². The van der Waals surface area contributed by atoms with E-state index < -0.39 is 0 Å². The van der Waals surface area contributed by atoms with Crippen molar-refractivity contribution in [2.45, 2.75) is 0 Å². The molecule has 0 atom stereocenters. The zero-order valence-electron chi connectivity index (χ0n) is 32.2. The van der Waals surface area contributed by atoms with E-state index in [1.54, 1.807) is 0 Å². The molecular formula is C56H32N2O2. The molecule has 0 N–H and O–H groups in total. The molecule has 0 aliphatic heterocycles. The van der Waals surface area contributed by atoms with Crippen LogP contribution in [0.4, 0.5) is 0 Å². The molecule has 4 nitrogen and oxygen atoms in total. The van der Waals surface area contributed by atoms with E-state index in [-0.39, 0.29) is 10.9 Å². The van der Waals surface area contributed by atoms with Crippen molar-refractivity contribution in [1.82, 2.24) is 8.80 Å². The molecular weight excluding hydrogens is 733 g/mol. The van der Waals surface area contributed by atoms with Gasteiger partial charge in [0, 0.05) is 32.3 Å². The van der Waals surface area contributed by atoms with Crippen molar-refractivity contribution in [1.29, 1.82) is 0 Å². The number of rotatable bonds is 4. The topological polar surface area (TPSA) is 43.0 Å². The average Bonchev–Trinajstić information content (AvgIpc) is 3.82. The van der Waals surface area contributed by atoms with E-state index in [0.717, 1.165) is 99.2 Å². The number of benzene rings is 9. The second kappa shape index (κ2) is 12.2. The number of aromatic nitrogens is 2. The van der Waals surface area contributed by atoms with Crippen LogP contribution in [0.25, 0.3) is 121 Å². The molecule has 4 heterocycles. The number of pyridine rings is 2. The third kappa shape index (κ3) is 4.34. The fraction of sp³-hybridized carbons (Fsp3) is 0. The lowest BCUT2D eigenvalue weighted by Gasteiger charge is -2.14. The first-order chi connectivity index (χ1) is 29.7. The average molecular weight is 765 g/mol. The second-order valence-electron chi connectivity index (χ2n) is 15.8. The molecule has 0 radical (unpaired) electrons. The van der Waals surface area contributed by atoms with Gasteiger partial charge in [-0.1, -0.05) is 158 Å². The van der Waals surface area contributed by atoms with E-state index in [9.17, 15) is 9.59 Å². The molecule has 0 unspecified atom stereocenters. The first-order valence-corrected chi connectivity index (χ1v) is 20.4. The molecule has 4 aromatic heterocycles. The Hall–Kier alpha value is -8.08. The maximum atomic E-state index is 14.9. The van der Waals surface area contributed by atoms with Crippen LogP contribution >= 0.6 is 0 Å². The third-order valence-electron chi connectivity index (χ3n) is 12.8. The van der Waals surface area contributed by atoms with Crippen LogP contribution in [0.3, 0.4) is 0 Å². The highest BCUT2D eigenvalue weighted by Crippen LogP contribution is 2.45. The number of hydrogen-bond donors (Lipinski definition) is 0. The van der Waals surface area contributed by atoms with Gasteiger partial charge in [-0.2, -0.15) is 0 Å². The third-order valence-corrected chi connectivity index (χ3v) is 12.8. The molecule has 0 saturated heterocycles. The summed E-state index contributed by atoms with van der Waals surface area (Å²) in [6.07, 6.45) is 0. The molecule has 0 aliphatic carbocycles. The van der Waals surface area contributed by atoms with Crippen LogP contribution in [0.5, 0.6) is 0 Å². The van der Waals surface area contributed by atoms with E-state index in [2.05, 4.69) is 154 Å². The van der Waals surface area contributed by atoms with Crippen molar-refractivity contribution >= 4 is 76.2 Å². The number of fused-ring (bicyclic) bond motifs is 10. The zero-order valence-corrected chi connectivity index (χ0v) is 32.2. The van der Waals surface area contributed by atoms with Crippen LogP contribution in [-0.4, -0.2) is 8.80 Å². The highest BCUT2D eigenvalue weighted by molar-refractivity contribution is 6.27. The second-order valence-corrected chi connectivity index (χ2v) is 15.8. The summed E-state index contributed by atoms with van der Waals surface area (Å²) in [5, 5.41) is 6.94. The van der Waals surface area contributed by atoms with Crippen molar-refractivity contribution in [3.63, 3.8) is 0 Å². The first-order valence-electron chi connectivity index (χ1n) is 20.4. The summed E-state index contributed by atoms with van der Waals surface area (Å²) in [7, 11) is 0. The molecule has 4 heteroatoms. The lowest BCUT2D eigenvalue weighted by atomic mass is 9.91. The summed E-state index contributed by atoms with van der Waals surface area (Å²) < 4.78 is 4.61. The van der Waals surface area contributed by atoms with Gasteiger partial charge in [-0.25, -0.2) is 0 Å². The Morgan fingerprint density at radius 2 is 0.650 bits per heavy atom. The minimum absolute atomic E-state index is 0.0266. The van der Waals surface area contributed by atoms with Gasteiger partial charge >= 0.3 is 0 Å². The molecule has 9 aromatic carbocycles. The van der Waals surface area contributed by atoms with Gasteiger partial charge in [0.1, 0.15) is 0 Å². The summed E-state index contributed by atoms with van der Waals surface area (Å²) in [5.41, 5.74) is 13.9. The first kappa shape index (κ1) is 32.9. The van der Waals surface area contributed by atoms with E-state index in [1.165, 1.54) is 0 Å². The summed E-state index contributed by atoms with van der Waals surface area (Å²) in [5.74, 6) is 0. The van der Waals surface area contributed by atoms with Gasteiger partial charge in [0.05, 0.1) is 43.9 Å². The molecule has 0 aliphatic rings. The lowest BCUT2D eigenvalue weighted by Crippen LogP contribution is -2.08. The quantitative estimate of drug-likeness (QED) is 0.168. The van der Waals surface area contributed by atoms with Gasteiger partial charge in [0.2, 0.25) is 0 Å². The SMILES string of the molecule is O=c1c2ccccc2n2c3cc4c(cc3c3ccc(-c5ccccc5-c5ccccc5)c1c32)c1ccc(-c2ccccc2-c2ccccc2)c2c(=O)c3ccccc3n4c21. The van der Waals surface area contributed by atoms with Crippen molar-refractivity contribution in [3.8, 4) is 44.5 Å². The van der Waals surface area contributed by atoms with Crippen molar-refractivity contribution < 1.29 is 0 Å². The maximum Gasteiger partial charge on any atom is 0.197 e. The van der Waals surface area contributed by atoms with Crippen LogP contribution in [-0.2, 0) is 0 Å². The Kier molecular flexibility index (Phi) is 6.71. The van der Waals surface area contributed by atoms with Gasteiger partial charge in [0.15, 0.2) is 10.9 Å². The van der Waals surface area contributed by atoms with Crippen LogP contribution in [0.15, 0.2) is 204 Å². The summed E-state index contributed by atoms with van der Waals surface area (Å²) in [6.45, 7) is 0. The van der Waals surface area contributed by atoms with E-state index in [1.807, 2.05) is 48.5 Å². The monoisotopic (exact) mass is 764 g/mol.